The molecule has 1 rings (SSSR count). The number of carbonyl (C=O) groups is 1. The van der Waals surface area contributed by atoms with Gasteiger partial charge in [0.05, 0.1) is 36.9 Å². The van der Waals surface area contributed by atoms with E-state index in [4.69, 9.17) is 20.3 Å². The number of carbonyl (C=O) groups excluding carboxylic acids is 1. The highest BCUT2D eigenvalue weighted by molar-refractivity contribution is 5.76. The number of nitro groups is 1. The van der Waals surface area contributed by atoms with E-state index in [9.17, 15) is 14.9 Å². The number of rotatable bonds is 13. The van der Waals surface area contributed by atoms with E-state index in [1.165, 1.54) is 12.1 Å². The Balaban J connectivity index is 2.27. The molecule has 0 spiro atoms. The second-order valence-corrected chi connectivity index (χ2v) is 5.72. The van der Waals surface area contributed by atoms with E-state index < -0.39 is 4.92 Å². The number of nitro benzene ring substituents is 1. The van der Waals surface area contributed by atoms with Gasteiger partial charge in [-0.3, -0.25) is 14.9 Å². The van der Waals surface area contributed by atoms with Crippen LogP contribution >= 0.6 is 0 Å². The zero-order valence-electron chi connectivity index (χ0n) is 14.5. The highest BCUT2D eigenvalue weighted by atomic mass is 16.6. The van der Waals surface area contributed by atoms with Gasteiger partial charge in [-0.2, -0.15) is 0 Å². The van der Waals surface area contributed by atoms with Gasteiger partial charge in [-0.1, -0.05) is 19.4 Å². The molecule has 1 atom stereocenters. The first-order valence-electron chi connectivity index (χ1n) is 8.31. The van der Waals surface area contributed by atoms with Gasteiger partial charge in [-0.15, -0.1) is 0 Å². The Hall–Kier alpha value is -2.03. The molecule has 1 aromatic rings. The van der Waals surface area contributed by atoms with Crippen LogP contribution in [0.3, 0.4) is 0 Å². The summed E-state index contributed by atoms with van der Waals surface area (Å²) in [6, 6.07) is 4.60. The molecule has 0 aliphatic heterocycles. The maximum Gasteiger partial charge on any atom is 0.275 e. The number of benzene rings is 1. The molecule has 0 heterocycles. The van der Waals surface area contributed by atoms with Gasteiger partial charge in [0.15, 0.2) is 0 Å². The maximum atomic E-state index is 11.2. The first-order valence-corrected chi connectivity index (χ1v) is 8.31. The van der Waals surface area contributed by atoms with Gasteiger partial charge in [0.1, 0.15) is 0 Å². The Morgan fingerprint density at radius 3 is 2.60 bits per heavy atom. The maximum absolute atomic E-state index is 11.2. The van der Waals surface area contributed by atoms with E-state index in [1.807, 2.05) is 6.92 Å². The topological polar surface area (TPSA) is 125 Å². The van der Waals surface area contributed by atoms with Gasteiger partial charge in [0.2, 0.25) is 5.91 Å². The standard InChI is InChI=1S/C17H26N2O6/c1-2-3-14(17(18)21)6-7-24-8-9-25-12-13-4-5-15(11-20)16(10-13)19(22)23/h4-5,10,14,20H,2-3,6-9,11-12H2,1H3,(H2,18,21). The number of aliphatic hydroxyl groups excluding tert-OH is 1. The van der Waals surface area contributed by atoms with E-state index >= 15 is 0 Å². The smallest absolute Gasteiger partial charge is 0.275 e. The van der Waals surface area contributed by atoms with Crippen LogP contribution in [0.4, 0.5) is 5.69 Å². The van der Waals surface area contributed by atoms with Crippen LogP contribution < -0.4 is 5.73 Å². The molecule has 0 saturated carbocycles. The quantitative estimate of drug-likeness (QED) is 0.317. The third-order valence-corrected chi connectivity index (χ3v) is 3.81. The van der Waals surface area contributed by atoms with Crippen LogP contribution in [-0.2, 0) is 27.5 Å². The van der Waals surface area contributed by atoms with Crippen LogP contribution in [0, 0.1) is 16.0 Å². The molecule has 8 nitrogen and oxygen atoms in total. The molecule has 8 heteroatoms. The second-order valence-electron chi connectivity index (χ2n) is 5.72. The lowest BCUT2D eigenvalue weighted by molar-refractivity contribution is -0.385. The molecule has 0 saturated heterocycles. The summed E-state index contributed by atoms with van der Waals surface area (Å²) >= 11 is 0. The molecule has 0 aliphatic rings. The van der Waals surface area contributed by atoms with E-state index in [-0.39, 0.29) is 36.3 Å². The van der Waals surface area contributed by atoms with E-state index in [0.29, 0.717) is 31.8 Å². The highest BCUT2D eigenvalue weighted by Gasteiger charge is 2.14. The van der Waals surface area contributed by atoms with Gasteiger partial charge in [-0.05, 0) is 24.5 Å². The number of hydrogen-bond acceptors (Lipinski definition) is 6. The molecule has 1 aromatic carbocycles. The third-order valence-electron chi connectivity index (χ3n) is 3.81. The van der Waals surface area contributed by atoms with Crippen LogP contribution in [0.25, 0.3) is 0 Å². The fourth-order valence-corrected chi connectivity index (χ4v) is 2.42. The van der Waals surface area contributed by atoms with Crippen LogP contribution in [-0.4, -0.2) is 35.8 Å². The molecule has 25 heavy (non-hydrogen) atoms. The predicted molar refractivity (Wildman–Crippen MR) is 91.7 cm³/mol. The SMILES string of the molecule is CCCC(CCOCCOCc1ccc(CO)c([N+](=O)[O-])c1)C(N)=O. The fourth-order valence-electron chi connectivity index (χ4n) is 2.42. The zero-order valence-corrected chi connectivity index (χ0v) is 14.5. The molecule has 0 aromatic heterocycles. The molecular weight excluding hydrogens is 328 g/mol. The van der Waals surface area contributed by atoms with Gasteiger partial charge in [-0.25, -0.2) is 0 Å². The van der Waals surface area contributed by atoms with Crippen molar-refractivity contribution < 1.29 is 24.3 Å². The lowest BCUT2D eigenvalue weighted by Crippen LogP contribution is -2.24. The Bertz CT molecular complexity index is 564. The number of nitrogens with two attached hydrogens (primary N) is 1. The average Bonchev–Trinajstić information content (AvgIpc) is 2.59. The number of primary amides is 1. The van der Waals surface area contributed by atoms with Crippen molar-refractivity contribution in [3.63, 3.8) is 0 Å². The van der Waals surface area contributed by atoms with E-state index in [2.05, 4.69) is 0 Å². The number of nitrogens with zero attached hydrogens (tertiary/aromatic N) is 1. The fraction of sp³-hybridized carbons (Fsp3) is 0.588. The minimum atomic E-state index is -0.524. The van der Waals surface area contributed by atoms with Crippen LogP contribution in [0.1, 0.15) is 37.3 Å². The van der Waals surface area contributed by atoms with Gasteiger partial charge < -0.3 is 20.3 Å². The van der Waals surface area contributed by atoms with Crippen molar-refractivity contribution in [3.8, 4) is 0 Å². The Morgan fingerprint density at radius 2 is 2.00 bits per heavy atom. The molecule has 3 N–H and O–H groups in total. The number of ether oxygens (including phenoxy) is 2. The molecule has 0 radical (unpaired) electrons. The number of hydrogen-bond donors (Lipinski definition) is 2. The van der Waals surface area contributed by atoms with Crippen molar-refractivity contribution in [3.05, 3.63) is 39.4 Å². The van der Waals surface area contributed by atoms with Gasteiger partial charge in [0.25, 0.3) is 5.69 Å². The van der Waals surface area contributed by atoms with Crippen molar-refractivity contribution in [2.24, 2.45) is 11.7 Å². The van der Waals surface area contributed by atoms with Gasteiger partial charge in [0, 0.05) is 18.6 Å². The van der Waals surface area contributed by atoms with Crippen molar-refractivity contribution in [1.29, 1.82) is 0 Å². The molecule has 0 fully saturated rings. The minimum absolute atomic E-state index is 0.117. The zero-order chi connectivity index (χ0) is 18.7. The summed E-state index contributed by atoms with van der Waals surface area (Å²) in [5.74, 6) is -0.453. The summed E-state index contributed by atoms with van der Waals surface area (Å²) in [4.78, 5) is 21.6. The highest BCUT2D eigenvalue weighted by Crippen LogP contribution is 2.20. The predicted octanol–water partition coefficient (Wildman–Crippen LogP) is 1.91. The number of aliphatic hydroxyl groups is 1. The molecule has 0 aliphatic carbocycles. The normalized spacial score (nSPS) is 12.1. The summed E-state index contributed by atoms with van der Waals surface area (Å²) < 4.78 is 10.9. The summed E-state index contributed by atoms with van der Waals surface area (Å²) in [5, 5.41) is 20.0. The lowest BCUT2D eigenvalue weighted by Gasteiger charge is -2.12. The summed E-state index contributed by atoms with van der Waals surface area (Å²) in [6.07, 6.45) is 2.26. The molecule has 0 bridgehead atoms. The van der Waals surface area contributed by atoms with Crippen molar-refractivity contribution in [2.45, 2.75) is 39.4 Å². The van der Waals surface area contributed by atoms with E-state index in [0.717, 1.165) is 12.8 Å². The van der Waals surface area contributed by atoms with Crippen molar-refractivity contribution in [1.82, 2.24) is 0 Å². The largest absolute Gasteiger partial charge is 0.391 e. The summed E-state index contributed by atoms with van der Waals surface area (Å²) in [6.45, 7) is 2.99. The first-order chi connectivity index (χ1) is 12.0. The monoisotopic (exact) mass is 354 g/mol. The van der Waals surface area contributed by atoms with Crippen molar-refractivity contribution >= 4 is 11.6 Å². The molecular formula is C17H26N2O6. The van der Waals surface area contributed by atoms with Crippen molar-refractivity contribution in [2.75, 3.05) is 19.8 Å². The lowest BCUT2D eigenvalue weighted by atomic mass is 10.00. The van der Waals surface area contributed by atoms with Crippen LogP contribution in [0.5, 0.6) is 0 Å². The summed E-state index contributed by atoms with van der Waals surface area (Å²) in [5.41, 5.74) is 6.13. The molecule has 1 amide bonds. The number of amides is 1. The van der Waals surface area contributed by atoms with Crippen LogP contribution in [0.2, 0.25) is 0 Å². The van der Waals surface area contributed by atoms with Crippen LogP contribution in [0.15, 0.2) is 18.2 Å². The molecule has 140 valence electrons. The first kappa shape index (κ1) is 21.0. The Labute approximate surface area is 147 Å². The Morgan fingerprint density at radius 1 is 1.28 bits per heavy atom. The molecule has 1 unspecified atom stereocenters. The van der Waals surface area contributed by atoms with Gasteiger partial charge >= 0.3 is 0 Å². The average molecular weight is 354 g/mol. The second kappa shape index (κ2) is 11.5. The third kappa shape index (κ3) is 7.59. The Kier molecular flexibility index (Phi) is 9.68. The van der Waals surface area contributed by atoms with E-state index in [1.54, 1.807) is 6.07 Å². The summed E-state index contributed by atoms with van der Waals surface area (Å²) in [7, 11) is 0. The minimum Gasteiger partial charge on any atom is -0.391 e.